The minimum Gasteiger partial charge on any atom is -0.487 e. The Morgan fingerprint density at radius 3 is 2.64 bits per heavy atom. The van der Waals surface area contributed by atoms with Crippen LogP contribution in [0.2, 0.25) is 0 Å². The highest BCUT2D eigenvalue weighted by atomic mass is 19.1. The van der Waals surface area contributed by atoms with Crippen molar-refractivity contribution in [2.75, 3.05) is 13.1 Å². The summed E-state index contributed by atoms with van der Waals surface area (Å²) < 4.78 is 20.5. The normalized spacial score (nSPS) is 14.7. The highest BCUT2D eigenvalue weighted by molar-refractivity contribution is 5.77. The minimum atomic E-state index is -0.279. The Labute approximate surface area is 129 Å². The van der Waals surface area contributed by atoms with Crippen molar-refractivity contribution in [3.8, 4) is 5.75 Å². The molecule has 2 aromatic rings. The predicted molar refractivity (Wildman–Crippen MR) is 81.1 cm³/mol. The molecule has 1 aromatic heterocycles. The van der Waals surface area contributed by atoms with Crippen molar-refractivity contribution in [1.82, 2.24) is 9.47 Å². The van der Waals surface area contributed by atoms with Crippen molar-refractivity contribution in [2.45, 2.75) is 18.9 Å². The molecule has 5 heteroatoms. The molecule has 0 aliphatic carbocycles. The lowest BCUT2D eigenvalue weighted by Crippen LogP contribution is -2.56. The molecule has 0 N–H and O–H groups in total. The molecule has 22 heavy (non-hydrogen) atoms. The van der Waals surface area contributed by atoms with Crippen LogP contribution >= 0.6 is 0 Å². The largest absolute Gasteiger partial charge is 0.487 e. The Kier molecular flexibility index (Phi) is 4.13. The Morgan fingerprint density at radius 2 is 2.00 bits per heavy atom. The van der Waals surface area contributed by atoms with Crippen LogP contribution in [0.1, 0.15) is 12.1 Å². The van der Waals surface area contributed by atoms with Gasteiger partial charge in [0.2, 0.25) is 5.91 Å². The first-order chi connectivity index (χ1) is 10.6. The van der Waals surface area contributed by atoms with Crippen molar-refractivity contribution in [1.29, 1.82) is 0 Å². The van der Waals surface area contributed by atoms with Gasteiger partial charge in [-0.25, -0.2) is 4.39 Å². The smallest absolute Gasteiger partial charge is 0.223 e. The number of amides is 1. The lowest BCUT2D eigenvalue weighted by Gasteiger charge is -2.39. The van der Waals surface area contributed by atoms with Gasteiger partial charge in [0.05, 0.1) is 13.1 Å². The first-order valence-electron chi connectivity index (χ1n) is 7.42. The van der Waals surface area contributed by atoms with E-state index in [9.17, 15) is 9.18 Å². The zero-order chi connectivity index (χ0) is 15.5. The summed E-state index contributed by atoms with van der Waals surface area (Å²) in [5.74, 6) is 0.515. The fraction of sp³-hybridized carbons (Fsp3) is 0.353. The van der Waals surface area contributed by atoms with E-state index >= 15 is 0 Å². The van der Waals surface area contributed by atoms with Crippen molar-refractivity contribution >= 4 is 5.91 Å². The highest BCUT2D eigenvalue weighted by Crippen LogP contribution is 2.19. The Balaban J connectivity index is 1.42. The standard InChI is InChI=1S/C17H19FN2O2/c1-19-10-2-3-14(19)6-9-17(21)20-11-16(12-20)22-15-7-4-13(18)5-8-15/h2-5,7-8,10,16H,6,9,11-12H2,1H3. The zero-order valence-electron chi connectivity index (χ0n) is 12.5. The number of ether oxygens (including phenoxy) is 1. The van der Waals surface area contributed by atoms with Crippen molar-refractivity contribution < 1.29 is 13.9 Å². The van der Waals surface area contributed by atoms with Crippen LogP contribution in [0.5, 0.6) is 5.75 Å². The van der Waals surface area contributed by atoms with E-state index in [1.807, 2.05) is 29.9 Å². The molecule has 1 saturated heterocycles. The number of hydrogen-bond acceptors (Lipinski definition) is 2. The third-order valence-electron chi connectivity index (χ3n) is 3.96. The van der Waals surface area contributed by atoms with Crippen molar-refractivity contribution in [3.05, 3.63) is 54.1 Å². The van der Waals surface area contributed by atoms with E-state index in [2.05, 4.69) is 0 Å². The molecule has 1 amide bonds. The number of halogens is 1. The monoisotopic (exact) mass is 302 g/mol. The molecule has 4 nitrogen and oxygen atoms in total. The van der Waals surface area contributed by atoms with Crippen LogP contribution < -0.4 is 4.74 Å². The fourth-order valence-corrected chi connectivity index (χ4v) is 2.57. The minimum absolute atomic E-state index is 0.00412. The number of benzene rings is 1. The van der Waals surface area contributed by atoms with E-state index in [0.29, 0.717) is 25.3 Å². The van der Waals surface area contributed by atoms with Crippen LogP contribution in [0.3, 0.4) is 0 Å². The number of aromatic nitrogens is 1. The molecule has 0 radical (unpaired) electrons. The van der Waals surface area contributed by atoms with Crippen LogP contribution in [0, 0.1) is 5.82 Å². The van der Waals surface area contributed by atoms with Gasteiger partial charge in [0.1, 0.15) is 17.7 Å². The van der Waals surface area contributed by atoms with Crippen LogP contribution in [0.4, 0.5) is 4.39 Å². The van der Waals surface area contributed by atoms with E-state index in [0.717, 1.165) is 12.1 Å². The van der Waals surface area contributed by atoms with E-state index in [1.165, 1.54) is 12.1 Å². The number of aryl methyl sites for hydroxylation is 2. The first-order valence-corrected chi connectivity index (χ1v) is 7.42. The van der Waals surface area contributed by atoms with Gasteiger partial charge in [-0.3, -0.25) is 4.79 Å². The van der Waals surface area contributed by atoms with Crippen LogP contribution in [0.15, 0.2) is 42.6 Å². The molecule has 2 heterocycles. The molecule has 1 aliphatic rings. The topological polar surface area (TPSA) is 34.5 Å². The number of carbonyl (C=O) groups excluding carboxylic acids is 1. The summed E-state index contributed by atoms with van der Waals surface area (Å²) in [5, 5.41) is 0. The number of likely N-dealkylation sites (tertiary alicyclic amines) is 1. The van der Waals surface area contributed by atoms with E-state index in [1.54, 1.807) is 17.0 Å². The molecule has 3 rings (SSSR count). The number of nitrogens with zero attached hydrogens (tertiary/aromatic N) is 2. The van der Waals surface area contributed by atoms with Crippen molar-refractivity contribution in [3.63, 3.8) is 0 Å². The van der Waals surface area contributed by atoms with Crippen LogP contribution in [-0.4, -0.2) is 34.6 Å². The Morgan fingerprint density at radius 1 is 1.27 bits per heavy atom. The molecule has 1 fully saturated rings. The van der Waals surface area contributed by atoms with E-state index in [4.69, 9.17) is 4.74 Å². The Hall–Kier alpha value is -2.30. The number of carbonyl (C=O) groups is 1. The van der Waals surface area contributed by atoms with Gasteiger partial charge >= 0.3 is 0 Å². The molecular weight excluding hydrogens is 283 g/mol. The summed E-state index contributed by atoms with van der Waals surface area (Å²) in [6.07, 6.45) is 3.25. The fourth-order valence-electron chi connectivity index (χ4n) is 2.57. The molecule has 0 unspecified atom stereocenters. The van der Waals surface area contributed by atoms with Gasteiger partial charge in [0.15, 0.2) is 0 Å². The van der Waals surface area contributed by atoms with Gasteiger partial charge in [0.25, 0.3) is 0 Å². The quantitative estimate of drug-likeness (QED) is 0.850. The molecule has 0 saturated carbocycles. The van der Waals surface area contributed by atoms with Crippen LogP contribution in [0.25, 0.3) is 0 Å². The second-order valence-corrected chi connectivity index (χ2v) is 5.60. The molecule has 116 valence electrons. The highest BCUT2D eigenvalue weighted by Gasteiger charge is 2.31. The number of hydrogen-bond donors (Lipinski definition) is 0. The third-order valence-corrected chi connectivity index (χ3v) is 3.96. The summed E-state index contributed by atoms with van der Waals surface area (Å²) in [7, 11) is 1.98. The summed E-state index contributed by atoms with van der Waals surface area (Å²) in [5.41, 5.74) is 1.16. The van der Waals surface area contributed by atoms with Gasteiger partial charge in [-0.15, -0.1) is 0 Å². The summed E-state index contributed by atoms with van der Waals surface area (Å²) >= 11 is 0. The molecular formula is C17H19FN2O2. The van der Waals surface area contributed by atoms with E-state index < -0.39 is 0 Å². The molecule has 0 spiro atoms. The third kappa shape index (κ3) is 3.30. The Bertz CT molecular complexity index is 645. The second kappa shape index (κ2) is 6.22. The van der Waals surface area contributed by atoms with Gasteiger partial charge in [-0.2, -0.15) is 0 Å². The van der Waals surface area contributed by atoms with Gasteiger partial charge in [-0.05, 0) is 42.8 Å². The maximum absolute atomic E-state index is 12.8. The van der Waals surface area contributed by atoms with Crippen molar-refractivity contribution in [2.24, 2.45) is 7.05 Å². The second-order valence-electron chi connectivity index (χ2n) is 5.60. The maximum atomic E-state index is 12.8. The summed E-state index contributed by atoms with van der Waals surface area (Å²) in [6.45, 7) is 1.20. The lowest BCUT2D eigenvalue weighted by atomic mass is 10.1. The van der Waals surface area contributed by atoms with Gasteiger partial charge < -0.3 is 14.2 Å². The molecule has 0 bridgehead atoms. The zero-order valence-corrected chi connectivity index (χ0v) is 12.5. The van der Waals surface area contributed by atoms with E-state index in [-0.39, 0.29) is 17.8 Å². The maximum Gasteiger partial charge on any atom is 0.223 e. The average Bonchev–Trinajstić information content (AvgIpc) is 2.87. The summed E-state index contributed by atoms with van der Waals surface area (Å²) in [4.78, 5) is 13.9. The van der Waals surface area contributed by atoms with Gasteiger partial charge in [-0.1, -0.05) is 0 Å². The SMILES string of the molecule is Cn1cccc1CCC(=O)N1CC(Oc2ccc(F)cc2)C1. The molecule has 0 atom stereocenters. The number of rotatable bonds is 5. The molecule has 1 aromatic carbocycles. The molecule has 1 aliphatic heterocycles. The lowest BCUT2D eigenvalue weighted by molar-refractivity contribution is -0.139. The first kappa shape index (κ1) is 14.6. The predicted octanol–water partition coefficient (Wildman–Crippen LogP) is 2.39. The average molecular weight is 302 g/mol. The van der Waals surface area contributed by atoms with Crippen LogP contribution in [-0.2, 0) is 18.3 Å². The summed E-state index contributed by atoms with van der Waals surface area (Å²) in [6, 6.07) is 9.97. The van der Waals surface area contributed by atoms with Gasteiger partial charge in [0, 0.05) is 25.4 Å².